The van der Waals surface area contributed by atoms with Gasteiger partial charge in [0.15, 0.2) is 11.9 Å². The zero-order chi connectivity index (χ0) is 16.8. The Labute approximate surface area is 144 Å². The van der Waals surface area contributed by atoms with Crippen LogP contribution >= 0.6 is 0 Å². The van der Waals surface area contributed by atoms with E-state index in [9.17, 15) is 0 Å². The van der Waals surface area contributed by atoms with Crippen molar-refractivity contribution < 1.29 is 9.47 Å². The van der Waals surface area contributed by atoms with Gasteiger partial charge in [-0.25, -0.2) is 4.98 Å². The molecule has 1 aliphatic heterocycles. The summed E-state index contributed by atoms with van der Waals surface area (Å²) < 4.78 is 13.0. The zero-order valence-electron chi connectivity index (χ0n) is 13.7. The van der Waals surface area contributed by atoms with E-state index in [0.29, 0.717) is 13.2 Å². The van der Waals surface area contributed by atoms with E-state index < -0.39 is 0 Å². The first kappa shape index (κ1) is 14.5. The SMILES string of the molecule is Cc1nnc2c3ccc(-c4ccc(C5OCCO5)cc4)nc3ccn12. The van der Waals surface area contributed by atoms with E-state index >= 15 is 0 Å². The summed E-state index contributed by atoms with van der Waals surface area (Å²) in [7, 11) is 0. The summed E-state index contributed by atoms with van der Waals surface area (Å²) in [5.74, 6) is 0.868. The highest BCUT2D eigenvalue weighted by Crippen LogP contribution is 2.27. The highest BCUT2D eigenvalue weighted by Gasteiger charge is 2.18. The molecule has 1 fully saturated rings. The number of ether oxygens (including phenoxy) is 2. The molecule has 0 unspecified atom stereocenters. The van der Waals surface area contributed by atoms with Crippen LogP contribution in [0, 0.1) is 6.92 Å². The fraction of sp³-hybridized carbons (Fsp3) is 0.211. The molecule has 124 valence electrons. The Bertz CT molecular complexity index is 1070. The lowest BCUT2D eigenvalue weighted by atomic mass is 10.1. The van der Waals surface area contributed by atoms with Gasteiger partial charge < -0.3 is 9.47 Å². The van der Waals surface area contributed by atoms with Crippen molar-refractivity contribution in [3.63, 3.8) is 0 Å². The Hall–Kier alpha value is -2.83. The molecule has 1 saturated heterocycles. The summed E-state index contributed by atoms with van der Waals surface area (Å²) in [6.45, 7) is 3.23. The second-order valence-electron chi connectivity index (χ2n) is 6.08. The lowest BCUT2D eigenvalue weighted by Crippen LogP contribution is -1.97. The summed E-state index contributed by atoms with van der Waals surface area (Å²) in [5.41, 5.74) is 4.75. The molecular weight excluding hydrogens is 316 g/mol. The maximum Gasteiger partial charge on any atom is 0.184 e. The molecular formula is C19H16N4O2. The molecule has 6 heteroatoms. The zero-order valence-corrected chi connectivity index (χ0v) is 13.7. The third-order valence-corrected chi connectivity index (χ3v) is 4.51. The van der Waals surface area contributed by atoms with Crippen molar-refractivity contribution in [1.29, 1.82) is 0 Å². The molecule has 1 aromatic carbocycles. The summed E-state index contributed by atoms with van der Waals surface area (Å²) >= 11 is 0. The van der Waals surface area contributed by atoms with Gasteiger partial charge in [-0.1, -0.05) is 24.3 Å². The Balaban J connectivity index is 1.55. The molecule has 25 heavy (non-hydrogen) atoms. The monoisotopic (exact) mass is 332 g/mol. The summed E-state index contributed by atoms with van der Waals surface area (Å²) in [6, 6.07) is 14.2. The van der Waals surface area contributed by atoms with Crippen molar-refractivity contribution in [2.75, 3.05) is 13.2 Å². The van der Waals surface area contributed by atoms with Crippen molar-refractivity contribution in [2.24, 2.45) is 0 Å². The molecule has 5 rings (SSSR count). The first-order chi connectivity index (χ1) is 12.3. The Kier molecular flexibility index (Phi) is 3.26. The van der Waals surface area contributed by atoms with Crippen LogP contribution in [0.2, 0.25) is 0 Å². The van der Waals surface area contributed by atoms with Gasteiger partial charge in [0.2, 0.25) is 0 Å². The van der Waals surface area contributed by atoms with Crippen molar-refractivity contribution >= 4 is 16.6 Å². The largest absolute Gasteiger partial charge is 0.346 e. The number of rotatable bonds is 2. The number of hydrogen-bond donors (Lipinski definition) is 0. The molecule has 0 N–H and O–H groups in total. The topological polar surface area (TPSA) is 61.5 Å². The van der Waals surface area contributed by atoms with E-state index in [1.165, 1.54) is 0 Å². The molecule has 0 aliphatic carbocycles. The number of aromatic nitrogens is 4. The third-order valence-electron chi connectivity index (χ3n) is 4.51. The smallest absolute Gasteiger partial charge is 0.184 e. The van der Waals surface area contributed by atoms with Gasteiger partial charge in [0.1, 0.15) is 5.82 Å². The van der Waals surface area contributed by atoms with Crippen LogP contribution < -0.4 is 0 Å². The molecule has 0 spiro atoms. The molecule has 0 radical (unpaired) electrons. The molecule has 0 saturated carbocycles. The normalized spacial score (nSPS) is 15.4. The van der Waals surface area contributed by atoms with E-state index in [2.05, 4.69) is 16.3 Å². The van der Waals surface area contributed by atoms with Crippen molar-refractivity contribution in [2.45, 2.75) is 13.2 Å². The van der Waals surface area contributed by atoms with Crippen LogP contribution in [0.25, 0.3) is 27.8 Å². The molecule has 4 aromatic rings. The van der Waals surface area contributed by atoms with Crippen LogP contribution in [0.5, 0.6) is 0 Å². The minimum absolute atomic E-state index is 0.247. The van der Waals surface area contributed by atoms with Gasteiger partial charge in [0, 0.05) is 22.7 Å². The average Bonchev–Trinajstić information content (AvgIpc) is 3.32. The summed E-state index contributed by atoms with van der Waals surface area (Å²) in [4.78, 5) is 4.79. The van der Waals surface area contributed by atoms with Crippen LogP contribution in [-0.4, -0.2) is 32.8 Å². The fourth-order valence-electron chi connectivity index (χ4n) is 3.19. The minimum Gasteiger partial charge on any atom is -0.346 e. The standard InChI is InChI=1S/C19H16N4O2/c1-12-21-22-18-15-6-7-16(20-17(15)8-9-23(12)18)13-2-4-14(5-3-13)19-24-10-11-25-19/h2-9,19H,10-11H2,1H3. The second kappa shape index (κ2) is 5.61. The van der Waals surface area contributed by atoms with Crippen molar-refractivity contribution in [1.82, 2.24) is 19.6 Å². The van der Waals surface area contributed by atoms with Gasteiger partial charge >= 0.3 is 0 Å². The van der Waals surface area contributed by atoms with E-state index in [0.717, 1.165) is 39.2 Å². The molecule has 3 aromatic heterocycles. The molecule has 6 nitrogen and oxygen atoms in total. The van der Waals surface area contributed by atoms with Gasteiger partial charge in [-0.05, 0) is 25.1 Å². The summed E-state index contributed by atoms with van der Waals surface area (Å²) in [6.07, 6.45) is 1.71. The highest BCUT2D eigenvalue weighted by atomic mass is 16.7. The Morgan fingerprint density at radius 3 is 2.56 bits per heavy atom. The van der Waals surface area contributed by atoms with Crippen LogP contribution in [-0.2, 0) is 9.47 Å². The van der Waals surface area contributed by atoms with Crippen molar-refractivity contribution in [3.8, 4) is 11.3 Å². The maximum absolute atomic E-state index is 5.53. The summed E-state index contributed by atoms with van der Waals surface area (Å²) in [5, 5.41) is 9.38. The number of benzene rings is 1. The number of pyridine rings is 2. The van der Waals surface area contributed by atoms with Gasteiger partial charge in [0.25, 0.3) is 0 Å². The Morgan fingerprint density at radius 1 is 0.960 bits per heavy atom. The van der Waals surface area contributed by atoms with Crippen LogP contribution in [0.15, 0.2) is 48.7 Å². The van der Waals surface area contributed by atoms with Gasteiger partial charge in [-0.15, -0.1) is 10.2 Å². The average molecular weight is 332 g/mol. The third kappa shape index (κ3) is 2.38. The first-order valence-electron chi connectivity index (χ1n) is 8.24. The predicted molar refractivity (Wildman–Crippen MR) is 93.1 cm³/mol. The minimum atomic E-state index is -0.247. The number of hydrogen-bond acceptors (Lipinski definition) is 5. The molecule has 1 aliphatic rings. The number of fused-ring (bicyclic) bond motifs is 3. The van der Waals surface area contributed by atoms with E-state index in [-0.39, 0.29) is 6.29 Å². The fourth-order valence-corrected chi connectivity index (χ4v) is 3.19. The number of aryl methyl sites for hydroxylation is 1. The quantitative estimate of drug-likeness (QED) is 0.564. The van der Waals surface area contributed by atoms with E-state index in [1.54, 1.807) is 0 Å². The van der Waals surface area contributed by atoms with Crippen LogP contribution in [0.1, 0.15) is 17.7 Å². The van der Waals surface area contributed by atoms with Crippen molar-refractivity contribution in [3.05, 3.63) is 60.0 Å². The molecule has 0 atom stereocenters. The second-order valence-corrected chi connectivity index (χ2v) is 6.08. The number of nitrogens with zero attached hydrogens (tertiary/aromatic N) is 4. The van der Waals surface area contributed by atoms with Gasteiger partial charge in [-0.3, -0.25) is 4.40 Å². The lowest BCUT2D eigenvalue weighted by Gasteiger charge is -2.10. The van der Waals surface area contributed by atoms with E-state index in [1.807, 2.05) is 53.9 Å². The van der Waals surface area contributed by atoms with Gasteiger partial charge in [-0.2, -0.15) is 0 Å². The molecule has 0 amide bonds. The maximum atomic E-state index is 5.53. The van der Waals surface area contributed by atoms with Crippen LogP contribution in [0.4, 0.5) is 0 Å². The predicted octanol–water partition coefficient (Wildman–Crippen LogP) is 3.30. The van der Waals surface area contributed by atoms with Gasteiger partial charge in [0.05, 0.1) is 24.4 Å². The first-order valence-corrected chi connectivity index (χ1v) is 8.24. The van der Waals surface area contributed by atoms with E-state index in [4.69, 9.17) is 14.5 Å². The Morgan fingerprint density at radius 2 is 1.76 bits per heavy atom. The lowest BCUT2D eigenvalue weighted by molar-refractivity contribution is -0.0441. The molecule has 4 heterocycles. The highest BCUT2D eigenvalue weighted by molar-refractivity contribution is 5.92. The molecule has 0 bridgehead atoms. The van der Waals surface area contributed by atoms with Crippen LogP contribution in [0.3, 0.4) is 0 Å².